The van der Waals surface area contributed by atoms with E-state index in [0.29, 0.717) is 6.42 Å². The van der Waals surface area contributed by atoms with Crippen LogP contribution in [0.3, 0.4) is 0 Å². The molecule has 0 bridgehead atoms. The van der Waals surface area contributed by atoms with Gasteiger partial charge in [-0.2, -0.15) is 0 Å². The van der Waals surface area contributed by atoms with Crippen molar-refractivity contribution in [3.8, 4) is 0 Å². The molecule has 1 aromatic heterocycles. The Kier molecular flexibility index (Phi) is 3.09. The van der Waals surface area contributed by atoms with Gasteiger partial charge in [-0.25, -0.2) is 0 Å². The van der Waals surface area contributed by atoms with Gasteiger partial charge in [0.2, 0.25) is 0 Å². The molecule has 2 nitrogen and oxygen atoms in total. The van der Waals surface area contributed by atoms with E-state index in [1.54, 1.807) is 0 Å². The van der Waals surface area contributed by atoms with Gasteiger partial charge in [0.05, 0.1) is 0 Å². The van der Waals surface area contributed by atoms with Crippen LogP contribution in [0.15, 0.2) is 16.5 Å². The molecular formula is C10H14O2. The Balaban J connectivity index is 2.72. The van der Waals surface area contributed by atoms with Crippen molar-refractivity contribution in [2.45, 2.75) is 32.6 Å². The van der Waals surface area contributed by atoms with Crippen LogP contribution in [0, 0.1) is 6.92 Å². The van der Waals surface area contributed by atoms with Gasteiger partial charge in [0.15, 0.2) is 0 Å². The molecule has 12 heavy (non-hydrogen) atoms. The molecule has 0 saturated heterocycles. The van der Waals surface area contributed by atoms with E-state index in [2.05, 4.69) is 6.92 Å². The molecule has 2 heteroatoms. The molecular weight excluding hydrogens is 152 g/mol. The van der Waals surface area contributed by atoms with Crippen LogP contribution in [0.25, 0.3) is 0 Å². The molecule has 1 unspecified atom stereocenters. The van der Waals surface area contributed by atoms with E-state index in [4.69, 9.17) is 4.42 Å². The van der Waals surface area contributed by atoms with E-state index >= 15 is 0 Å². The lowest BCUT2D eigenvalue weighted by Crippen LogP contribution is -1.95. The Hall–Kier alpha value is -1.05. The summed E-state index contributed by atoms with van der Waals surface area (Å²) in [6.07, 6.45) is 2.46. The highest BCUT2D eigenvalue weighted by Gasteiger charge is 2.11. The van der Waals surface area contributed by atoms with Gasteiger partial charge in [0.1, 0.15) is 17.8 Å². The monoisotopic (exact) mass is 166 g/mol. The third-order valence-electron chi connectivity index (χ3n) is 2.04. The average Bonchev–Trinajstić information content (AvgIpc) is 2.47. The van der Waals surface area contributed by atoms with Crippen LogP contribution in [-0.4, -0.2) is 6.29 Å². The molecule has 0 N–H and O–H groups in total. The molecule has 0 saturated carbocycles. The topological polar surface area (TPSA) is 30.2 Å². The molecule has 1 heterocycles. The van der Waals surface area contributed by atoms with Crippen molar-refractivity contribution < 1.29 is 9.21 Å². The van der Waals surface area contributed by atoms with Gasteiger partial charge in [0.25, 0.3) is 0 Å². The molecule has 0 aromatic carbocycles. The van der Waals surface area contributed by atoms with Gasteiger partial charge in [-0.3, -0.25) is 0 Å². The maximum absolute atomic E-state index is 10.3. The smallest absolute Gasteiger partial charge is 0.120 e. The van der Waals surface area contributed by atoms with Crippen LogP contribution >= 0.6 is 0 Å². The summed E-state index contributed by atoms with van der Waals surface area (Å²) in [6.45, 7) is 3.98. The minimum absolute atomic E-state index is 0.260. The molecule has 1 rings (SSSR count). The third kappa shape index (κ3) is 1.97. The zero-order valence-electron chi connectivity index (χ0n) is 7.54. The van der Waals surface area contributed by atoms with E-state index < -0.39 is 0 Å². The van der Waals surface area contributed by atoms with Crippen LogP contribution < -0.4 is 0 Å². The van der Waals surface area contributed by atoms with Crippen molar-refractivity contribution in [2.24, 2.45) is 0 Å². The van der Waals surface area contributed by atoms with Crippen molar-refractivity contribution in [3.63, 3.8) is 0 Å². The van der Waals surface area contributed by atoms with E-state index in [-0.39, 0.29) is 5.92 Å². The highest BCUT2D eigenvalue weighted by atomic mass is 16.3. The van der Waals surface area contributed by atoms with Gasteiger partial charge in [-0.1, -0.05) is 6.92 Å². The van der Waals surface area contributed by atoms with Gasteiger partial charge >= 0.3 is 0 Å². The summed E-state index contributed by atoms with van der Waals surface area (Å²) in [5, 5.41) is 0. The molecule has 0 aliphatic heterocycles. The van der Waals surface area contributed by atoms with Crippen molar-refractivity contribution >= 4 is 6.29 Å². The maximum Gasteiger partial charge on any atom is 0.120 e. The second kappa shape index (κ2) is 4.10. The molecule has 1 atom stereocenters. The van der Waals surface area contributed by atoms with Gasteiger partial charge in [0, 0.05) is 12.3 Å². The zero-order chi connectivity index (χ0) is 8.97. The molecule has 0 fully saturated rings. The highest BCUT2D eigenvalue weighted by molar-refractivity contribution is 5.51. The van der Waals surface area contributed by atoms with Gasteiger partial charge in [-0.15, -0.1) is 0 Å². The number of aldehydes is 1. The zero-order valence-corrected chi connectivity index (χ0v) is 7.54. The molecule has 0 spiro atoms. The molecule has 66 valence electrons. The Morgan fingerprint density at radius 3 is 2.75 bits per heavy atom. The Morgan fingerprint density at radius 1 is 1.58 bits per heavy atom. The van der Waals surface area contributed by atoms with Crippen molar-refractivity contribution in [1.29, 1.82) is 0 Å². The number of furan rings is 1. The van der Waals surface area contributed by atoms with Crippen LogP contribution in [0.1, 0.15) is 37.2 Å². The van der Waals surface area contributed by atoms with Crippen LogP contribution in [0.5, 0.6) is 0 Å². The molecule has 0 amide bonds. The molecule has 0 aliphatic rings. The quantitative estimate of drug-likeness (QED) is 0.644. The minimum Gasteiger partial charge on any atom is -0.466 e. The fourth-order valence-electron chi connectivity index (χ4n) is 1.27. The maximum atomic E-state index is 10.3. The normalized spacial score (nSPS) is 12.8. The SMILES string of the molecule is CCC(CC=O)c1ccc(C)o1. The standard InChI is InChI=1S/C10H14O2/c1-3-9(6-7-11)10-5-4-8(2)12-10/h4-5,7,9H,3,6H2,1-2H3. The molecule has 0 aliphatic carbocycles. The predicted octanol–water partition coefficient (Wildman–Crippen LogP) is 2.67. The summed E-state index contributed by atoms with van der Waals surface area (Å²) in [5.41, 5.74) is 0. The molecule has 1 aromatic rings. The second-order valence-electron chi connectivity index (χ2n) is 2.96. The number of rotatable bonds is 4. The number of hydrogen-bond acceptors (Lipinski definition) is 2. The Bertz CT molecular complexity index is 250. The van der Waals surface area contributed by atoms with Gasteiger partial charge in [-0.05, 0) is 25.5 Å². The first-order chi connectivity index (χ1) is 5.77. The van der Waals surface area contributed by atoms with Crippen molar-refractivity contribution in [3.05, 3.63) is 23.7 Å². The first-order valence-electron chi connectivity index (χ1n) is 4.28. The fourth-order valence-corrected chi connectivity index (χ4v) is 1.27. The minimum atomic E-state index is 0.260. The highest BCUT2D eigenvalue weighted by Crippen LogP contribution is 2.23. The van der Waals surface area contributed by atoms with E-state index in [1.807, 2.05) is 19.1 Å². The average molecular weight is 166 g/mol. The number of hydrogen-bond donors (Lipinski definition) is 0. The van der Waals surface area contributed by atoms with E-state index in [1.165, 1.54) is 0 Å². The second-order valence-corrected chi connectivity index (χ2v) is 2.96. The lowest BCUT2D eigenvalue weighted by atomic mass is 10.0. The summed E-state index contributed by atoms with van der Waals surface area (Å²) in [4.78, 5) is 10.3. The number of carbonyl (C=O) groups excluding carboxylic acids is 1. The van der Waals surface area contributed by atoms with Gasteiger partial charge < -0.3 is 9.21 Å². The largest absolute Gasteiger partial charge is 0.466 e. The van der Waals surface area contributed by atoms with Crippen LogP contribution in [0.4, 0.5) is 0 Å². The van der Waals surface area contributed by atoms with Crippen molar-refractivity contribution in [2.75, 3.05) is 0 Å². The van der Waals surface area contributed by atoms with E-state index in [0.717, 1.165) is 24.2 Å². The lowest BCUT2D eigenvalue weighted by Gasteiger charge is -2.06. The summed E-state index contributed by atoms with van der Waals surface area (Å²) in [6, 6.07) is 3.88. The molecule has 0 radical (unpaired) electrons. The number of carbonyl (C=O) groups is 1. The predicted molar refractivity (Wildman–Crippen MR) is 47.2 cm³/mol. The first-order valence-corrected chi connectivity index (χ1v) is 4.28. The summed E-state index contributed by atoms with van der Waals surface area (Å²) >= 11 is 0. The third-order valence-corrected chi connectivity index (χ3v) is 2.04. The number of aryl methyl sites for hydroxylation is 1. The van der Waals surface area contributed by atoms with Crippen molar-refractivity contribution in [1.82, 2.24) is 0 Å². The fraction of sp³-hybridized carbons (Fsp3) is 0.500. The Labute approximate surface area is 72.6 Å². The van der Waals surface area contributed by atoms with Crippen LogP contribution in [-0.2, 0) is 4.79 Å². The summed E-state index contributed by atoms with van der Waals surface area (Å²) in [5.74, 6) is 2.10. The Morgan fingerprint density at radius 2 is 2.33 bits per heavy atom. The summed E-state index contributed by atoms with van der Waals surface area (Å²) in [7, 11) is 0. The lowest BCUT2D eigenvalue weighted by molar-refractivity contribution is -0.108. The van der Waals surface area contributed by atoms with Crippen LogP contribution in [0.2, 0.25) is 0 Å². The first kappa shape index (κ1) is 9.04. The summed E-state index contributed by atoms with van der Waals surface area (Å²) < 4.78 is 5.43. The van der Waals surface area contributed by atoms with E-state index in [9.17, 15) is 4.79 Å².